The van der Waals surface area contributed by atoms with Gasteiger partial charge in [-0.2, -0.15) is 28.4 Å². The summed E-state index contributed by atoms with van der Waals surface area (Å²) >= 11 is 0.673. The maximum absolute atomic E-state index is 17.4. The second kappa shape index (κ2) is 13.0. The van der Waals surface area contributed by atoms with Crippen molar-refractivity contribution < 1.29 is 40.3 Å². The molecule has 2 aromatic heterocycles. The molecule has 3 unspecified atom stereocenters. The zero-order valence-corrected chi connectivity index (χ0v) is 30.1. The molecule has 4 aromatic rings. The van der Waals surface area contributed by atoms with Gasteiger partial charge in [-0.1, -0.05) is 6.07 Å². The molecule has 1 aliphatic carbocycles. The number of carbonyl (C=O) groups is 1. The molecule has 18 heteroatoms. The lowest BCUT2D eigenvalue weighted by molar-refractivity contribution is -0.137. The van der Waals surface area contributed by atoms with Crippen LogP contribution in [0.15, 0.2) is 18.2 Å². The molecule has 5 fully saturated rings. The first-order valence-electron chi connectivity index (χ1n) is 18.3. The van der Waals surface area contributed by atoms with Crippen molar-refractivity contribution in [3.63, 3.8) is 0 Å². The number of amides is 2. The maximum atomic E-state index is 17.4. The average Bonchev–Trinajstić information content (AvgIpc) is 3.39. The number of aromatic nitrogens is 2. The topological polar surface area (TPSA) is 115 Å². The Labute approximate surface area is 314 Å². The first kappa shape index (κ1) is 36.0. The normalized spacial score (nSPS) is 24.5. The minimum atomic E-state index is -5.14. The van der Waals surface area contributed by atoms with Crippen LogP contribution in [-0.2, 0) is 6.18 Å². The molecule has 0 spiro atoms. The Balaban J connectivity index is 1.22. The van der Waals surface area contributed by atoms with Crippen molar-refractivity contribution in [1.29, 1.82) is 5.26 Å². The Morgan fingerprint density at radius 2 is 1.84 bits per heavy atom. The molecule has 4 aliphatic heterocycles. The summed E-state index contributed by atoms with van der Waals surface area (Å²) in [7, 11) is 0. The van der Waals surface area contributed by atoms with E-state index in [1.165, 1.54) is 4.90 Å². The number of nitrogen functional groups attached to an aromatic ring is 1. The average molecular weight is 789 g/mol. The monoisotopic (exact) mass is 788 g/mol. The van der Waals surface area contributed by atoms with Crippen LogP contribution in [0.3, 0.4) is 0 Å². The van der Waals surface area contributed by atoms with Crippen molar-refractivity contribution in [2.24, 2.45) is 0 Å². The number of hydrogen-bond acceptors (Lipinski definition) is 9. The first-order chi connectivity index (χ1) is 26.3. The van der Waals surface area contributed by atoms with Crippen LogP contribution in [0.4, 0.5) is 46.3 Å². The summed E-state index contributed by atoms with van der Waals surface area (Å²) < 4.78 is 112. The molecule has 5 aliphatic rings. The minimum Gasteiger partial charge on any atom is -0.461 e. The van der Waals surface area contributed by atoms with Crippen LogP contribution < -0.4 is 15.4 Å². The molecule has 0 bridgehead atoms. The van der Waals surface area contributed by atoms with Gasteiger partial charge in [0.05, 0.1) is 40.5 Å². The standard InChI is InChI=1S/C37H35F7N8O2S/c38-18-11-36(7-1-8-51(36)15-18)17-54-34-47-30-23(33(48-34)52(20-2-3-20)21-6-9-49(16-21)35(53)50-13-19(39)14-50)10-25(37(42,43)44)28(29(30)41)22-4-5-26(40)31-27(22)24(12-45)32(46)55-31/h4-5,10,18-21H,1-3,6-9,11,13-17,46H2. The summed E-state index contributed by atoms with van der Waals surface area (Å²) in [6.45, 7) is 1.34. The third kappa shape index (κ3) is 5.96. The number of alkyl halides is 5. The molecule has 6 heterocycles. The molecule has 55 heavy (non-hydrogen) atoms. The smallest absolute Gasteiger partial charge is 0.417 e. The Morgan fingerprint density at radius 1 is 1.05 bits per heavy atom. The summed E-state index contributed by atoms with van der Waals surface area (Å²) in [6, 6.07) is 3.22. The molecule has 2 aromatic carbocycles. The number of likely N-dealkylation sites (tertiary alicyclic amines) is 2. The molecule has 3 atom stereocenters. The van der Waals surface area contributed by atoms with Crippen molar-refractivity contribution in [1.82, 2.24) is 24.7 Å². The lowest BCUT2D eigenvalue weighted by Crippen LogP contribution is -2.56. The van der Waals surface area contributed by atoms with Gasteiger partial charge in [0.2, 0.25) is 0 Å². The molecule has 2 N–H and O–H groups in total. The van der Waals surface area contributed by atoms with E-state index in [0.717, 1.165) is 24.6 Å². The summed E-state index contributed by atoms with van der Waals surface area (Å²) in [5.41, 5.74) is 1.85. The summed E-state index contributed by atoms with van der Waals surface area (Å²) in [5, 5.41) is 9.26. The Kier molecular flexibility index (Phi) is 8.50. The van der Waals surface area contributed by atoms with Crippen LogP contribution >= 0.6 is 11.3 Å². The van der Waals surface area contributed by atoms with Crippen molar-refractivity contribution in [3.8, 4) is 23.2 Å². The summed E-state index contributed by atoms with van der Waals surface area (Å²) in [5.74, 6) is -2.23. The number of carbonyl (C=O) groups excluding carboxylic acids is 1. The number of anilines is 2. The number of fused-ring (bicyclic) bond motifs is 3. The zero-order chi connectivity index (χ0) is 38.6. The minimum absolute atomic E-state index is 0.0113. The zero-order valence-electron chi connectivity index (χ0n) is 29.3. The van der Waals surface area contributed by atoms with Crippen molar-refractivity contribution in [2.75, 3.05) is 56.5 Å². The number of rotatable bonds is 7. The molecule has 10 nitrogen and oxygen atoms in total. The van der Waals surface area contributed by atoms with E-state index in [2.05, 4.69) is 9.97 Å². The Bertz CT molecular complexity index is 2270. The van der Waals surface area contributed by atoms with E-state index >= 15 is 22.0 Å². The molecular weight excluding hydrogens is 754 g/mol. The molecular formula is C37H35F7N8O2S. The predicted molar refractivity (Wildman–Crippen MR) is 190 cm³/mol. The predicted octanol–water partition coefficient (Wildman–Crippen LogP) is 7.03. The number of benzene rings is 2. The lowest BCUT2D eigenvalue weighted by atomic mass is 9.92. The fourth-order valence-electron chi connectivity index (χ4n) is 9.02. The van der Waals surface area contributed by atoms with E-state index in [0.29, 0.717) is 50.1 Å². The summed E-state index contributed by atoms with van der Waals surface area (Å²) in [4.78, 5) is 29.0. The van der Waals surface area contributed by atoms with Crippen LogP contribution in [0.2, 0.25) is 0 Å². The Hall–Kier alpha value is -4.63. The van der Waals surface area contributed by atoms with E-state index in [-0.39, 0.29) is 94.7 Å². The second-order valence-corrected chi connectivity index (χ2v) is 16.3. The van der Waals surface area contributed by atoms with Gasteiger partial charge in [0, 0.05) is 48.4 Å². The molecule has 0 radical (unpaired) electrons. The lowest BCUT2D eigenvalue weighted by Gasteiger charge is -2.37. The van der Waals surface area contributed by atoms with Gasteiger partial charge in [-0.15, -0.1) is 11.3 Å². The van der Waals surface area contributed by atoms with Gasteiger partial charge < -0.3 is 25.2 Å². The highest BCUT2D eigenvalue weighted by molar-refractivity contribution is 7.23. The van der Waals surface area contributed by atoms with E-state index in [1.54, 1.807) is 4.90 Å². The van der Waals surface area contributed by atoms with Gasteiger partial charge in [0.25, 0.3) is 0 Å². The first-order valence-corrected chi connectivity index (χ1v) is 19.1. The quantitative estimate of drug-likeness (QED) is 0.199. The van der Waals surface area contributed by atoms with Crippen LogP contribution in [0, 0.1) is 23.0 Å². The number of ether oxygens (including phenoxy) is 1. The van der Waals surface area contributed by atoms with Crippen molar-refractivity contribution >= 4 is 49.2 Å². The molecule has 1 saturated carbocycles. The second-order valence-electron chi connectivity index (χ2n) is 15.3. The molecule has 290 valence electrons. The highest BCUT2D eigenvalue weighted by Crippen LogP contribution is 2.49. The number of halogens is 7. The van der Waals surface area contributed by atoms with Crippen LogP contribution in [-0.4, -0.2) is 107 Å². The molecule has 4 saturated heterocycles. The third-order valence-electron chi connectivity index (χ3n) is 11.7. The molecule has 9 rings (SSSR count). The highest BCUT2D eigenvalue weighted by Gasteiger charge is 2.50. The van der Waals surface area contributed by atoms with Crippen LogP contribution in [0.5, 0.6) is 6.01 Å². The number of urea groups is 1. The number of thiophene rings is 1. The van der Waals surface area contributed by atoms with E-state index in [1.807, 2.05) is 15.9 Å². The number of nitrogens with zero attached hydrogens (tertiary/aromatic N) is 7. The van der Waals surface area contributed by atoms with E-state index in [4.69, 9.17) is 10.5 Å². The van der Waals surface area contributed by atoms with Gasteiger partial charge in [-0.05, 0) is 56.3 Å². The largest absolute Gasteiger partial charge is 0.461 e. The number of nitrogens with two attached hydrogens (primary N) is 1. The van der Waals surface area contributed by atoms with Crippen molar-refractivity contribution in [3.05, 3.63) is 41.0 Å². The molecule has 2 amide bonds. The number of hydrogen-bond donors (Lipinski definition) is 1. The maximum Gasteiger partial charge on any atom is 0.417 e. The Morgan fingerprint density at radius 3 is 2.55 bits per heavy atom. The van der Waals surface area contributed by atoms with Gasteiger partial charge in [-0.3, -0.25) is 4.90 Å². The fraction of sp³-hybridized carbons (Fsp3) is 0.514. The van der Waals surface area contributed by atoms with E-state index in [9.17, 15) is 18.8 Å². The van der Waals surface area contributed by atoms with Crippen LogP contribution in [0.25, 0.3) is 32.1 Å². The SMILES string of the molecule is N#Cc1c(N)sc2c(F)ccc(-c3c(C(F)(F)F)cc4c(N(C5CC5)C5CCN(C(=O)N6CC(F)C6)C5)nc(OCC56CCCN5CC(F)C6)nc4c3F)c12. The third-order valence-corrected chi connectivity index (χ3v) is 12.8. The van der Waals surface area contributed by atoms with Crippen molar-refractivity contribution in [2.45, 2.75) is 74.7 Å². The van der Waals surface area contributed by atoms with E-state index < -0.39 is 58.4 Å². The van der Waals surface area contributed by atoms with Gasteiger partial charge in [0.15, 0.2) is 5.82 Å². The highest BCUT2D eigenvalue weighted by atomic mass is 32.1. The number of nitriles is 1. The van der Waals surface area contributed by atoms with Gasteiger partial charge >= 0.3 is 18.2 Å². The fourth-order valence-corrected chi connectivity index (χ4v) is 9.97. The van der Waals surface area contributed by atoms with Gasteiger partial charge in [0.1, 0.15) is 47.2 Å². The van der Waals surface area contributed by atoms with Crippen LogP contribution in [0.1, 0.15) is 49.7 Å². The van der Waals surface area contributed by atoms with Gasteiger partial charge in [-0.25, -0.2) is 22.4 Å². The summed E-state index contributed by atoms with van der Waals surface area (Å²) in [6.07, 6.45) is -3.89.